The summed E-state index contributed by atoms with van der Waals surface area (Å²) in [6, 6.07) is 9.13. The molecule has 152 valence electrons. The molecular weight excluding hydrogens is 358 g/mol. The monoisotopic (exact) mass is 393 g/mol. The van der Waals surface area contributed by atoms with E-state index in [1.54, 1.807) is 0 Å². The van der Waals surface area contributed by atoms with Crippen LogP contribution < -0.4 is 10.6 Å². The second-order valence-corrected chi connectivity index (χ2v) is 9.08. The second-order valence-electron chi connectivity index (χ2n) is 9.08. The fourth-order valence-electron chi connectivity index (χ4n) is 4.11. The lowest BCUT2D eigenvalue weighted by Crippen LogP contribution is -2.45. The Kier molecular flexibility index (Phi) is 8.14. The Morgan fingerprint density at radius 1 is 1.19 bits per heavy atom. The van der Waals surface area contributed by atoms with Crippen LogP contribution in [0.15, 0.2) is 24.3 Å². The number of rotatable bonds is 5. The minimum absolute atomic E-state index is 0. The molecule has 2 aliphatic heterocycles. The predicted molar refractivity (Wildman–Crippen MR) is 114 cm³/mol. The van der Waals surface area contributed by atoms with Gasteiger partial charge < -0.3 is 10.6 Å². The summed E-state index contributed by atoms with van der Waals surface area (Å²) in [6.07, 6.45) is 4.54. The van der Waals surface area contributed by atoms with Crippen LogP contribution >= 0.6 is 12.4 Å². The first-order chi connectivity index (χ1) is 12.4. The van der Waals surface area contributed by atoms with Crippen molar-refractivity contribution >= 4 is 18.3 Å². The maximum absolute atomic E-state index is 12.2. The zero-order chi connectivity index (χ0) is 18.6. The minimum Gasteiger partial charge on any atom is -0.354 e. The Bertz CT molecular complexity index is 591. The highest BCUT2D eigenvalue weighted by molar-refractivity contribution is 5.85. The number of amides is 1. The molecule has 4 nitrogen and oxygen atoms in total. The molecule has 0 aromatic heterocycles. The van der Waals surface area contributed by atoms with Gasteiger partial charge in [0.05, 0.1) is 6.04 Å². The number of nitrogens with one attached hydrogen (secondary N) is 2. The second kappa shape index (κ2) is 9.90. The fourth-order valence-corrected chi connectivity index (χ4v) is 4.11. The number of likely N-dealkylation sites (tertiary alicyclic amines) is 1. The van der Waals surface area contributed by atoms with Crippen LogP contribution in [-0.2, 0) is 16.8 Å². The van der Waals surface area contributed by atoms with Gasteiger partial charge in [0.1, 0.15) is 0 Å². The highest BCUT2D eigenvalue weighted by atomic mass is 35.5. The lowest BCUT2D eigenvalue weighted by molar-refractivity contribution is -0.123. The van der Waals surface area contributed by atoms with Gasteiger partial charge in [0.15, 0.2) is 0 Å². The minimum atomic E-state index is 0. The lowest BCUT2D eigenvalue weighted by Gasteiger charge is -2.33. The van der Waals surface area contributed by atoms with Crippen molar-refractivity contribution in [1.82, 2.24) is 15.5 Å². The number of carbonyl (C=O) groups excluding carboxylic acids is 1. The molecule has 2 N–H and O–H groups in total. The average Bonchev–Trinajstić information content (AvgIpc) is 3.14. The van der Waals surface area contributed by atoms with Crippen molar-refractivity contribution in [3.05, 3.63) is 35.4 Å². The molecule has 0 radical (unpaired) electrons. The van der Waals surface area contributed by atoms with Gasteiger partial charge in [-0.05, 0) is 61.2 Å². The van der Waals surface area contributed by atoms with Crippen LogP contribution in [0, 0.1) is 5.92 Å². The van der Waals surface area contributed by atoms with Gasteiger partial charge in [0.2, 0.25) is 5.91 Å². The van der Waals surface area contributed by atoms with E-state index >= 15 is 0 Å². The van der Waals surface area contributed by atoms with Crippen molar-refractivity contribution in [2.75, 3.05) is 26.2 Å². The molecule has 2 saturated heterocycles. The highest BCUT2D eigenvalue weighted by Gasteiger charge is 2.24. The SMILES string of the molecule is CC(C)(C)c1ccc(CN2CCCC(CNC(=O)C3CCCN3)C2)cc1.Cl. The summed E-state index contributed by atoms with van der Waals surface area (Å²) in [6.45, 7) is 11.8. The van der Waals surface area contributed by atoms with Crippen molar-refractivity contribution in [3.63, 3.8) is 0 Å². The van der Waals surface area contributed by atoms with Gasteiger partial charge in [0, 0.05) is 19.6 Å². The van der Waals surface area contributed by atoms with Crippen molar-refractivity contribution in [3.8, 4) is 0 Å². The largest absolute Gasteiger partial charge is 0.354 e. The summed E-state index contributed by atoms with van der Waals surface area (Å²) in [5, 5.41) is 6.45. The van der Waals surface area contributed by atoms with Gasteiger partial charge in [-0.1, -0.05) is 45.0 Å². The number of nitrogens with zero attached hydrogens (tertiary/aromatic N) is 1. The number of piperidine rings is 1. The van der Waals surface area contributed by atoms with E-state index in [2.05, 4.69) is 60.6 Å². The van der Waals surface area contributed by atoms with Crippen LogP contribution in [0.2, 0.25) is 0 Å². The van der Waals surface area contributed by atoms with E-state index in [1.165, 1.54) is 24.0 Å². The Balaban J connectivity index is 0.00000261. The summed E-state index contributed by atoms with van der Waals surface area (Å²) in [4.78, 5) is 14.7. The molecule has 1 amide bonds. The van der Waals surface area contributed by atoms with Crippen LogP contribution in [0.1, 0.15) is 57.6 Å². The third kappa shape index (κ3) is 6.48. The van der Waals surface area contributed by atoms with Crippen molar-refractivity contribution < 1.29 is 4.79 Å². The standard InChI is InChI=1S/C22H35N3O.ClH/c1-22(2,3)19-10-8-17(9-11-19)15-25-13-5-6-18(16-25)14-24-21(26)20-7-4-12-23-20;/h8-11,18,20,23H,4-7,12-16H2,1-3H3,(H,24,26);1H. The van der Waals surface area contributed by atoms with Gasteiger partial charge in [0.25, 0.3) is 0 Å². The fraction of sp³-hybridized carbons (Fsp3) is 0.682. The summed E-state index contributed by atoms with van der Waals surface area (Å²) in [5.41, 5.74) is 2.99. The summed E-state index contributed by atoms with van der Waals surface area (Å²) < 4.78 is 0. The molecule has 0 bridgehead atoms. The first-order valence-corrected chi connectivity index (χ1v) is 10.2. The molecule has 1 aromatic rings. The lowest BCUT2D eigenvalue weighted by atomic mass is 9.86. The quantitative estimate of drug-likeness (QED) is 0.804. The zero-order valence-corrected chi connectivity index (χ0v) is 17.9. The summed E-state index contributed by atoms with van der Waals surface area (Å²) in [7, 11) is 0. The number of carbonyl (C=O) groups is 1. The van der Waals surface area contributed by atoms with Crippen LogP contribution in [-0.4, -0.2) is 43.0 Å². The summed E-state index contributed by atoms with van der Waals surface area (Å²) in [5.74, 6) is 0.764. The van der Waals surface area contributed by atoms with E-state index in [-0.39, 0.29) is 29.8 Å². The van der Waals surface area contributed by atoms with Crippen LogP contribution in [0.3, 0.4) is 0 Å². The molecule has 5 heteroatoms. The molecule has 1 aromatic carbocycles. The molecule has 2 unspecified atom stereocenters. The predicted octanol–water partition coefficient (Wildman–Crippen LogP) is 3.49. The van der Waals surface area contributed by atoms with Crippen molar-refractivity contribution in [2.24, 2.45) is 5.92 Å². The Labute approximate surface area is 170 Å². The van der Waals surface area contributed by atoms with E-state index in [9.17, 15) is 4.79 Å². The Morgan fingerprint density at radius 2 is 1.93 bits per heavy atom. The first-order valence-electron chi connectivity index (χ1n) is 10.2. The van der Waals surface area contributed by atoms with E-state index < -0.39 is 0 Å². The maximum Gasteiger partial charge on any atom is 0.237 e. The molecule has 27 heavy (non-hydrogen) atoms. The molecular formula is C22H36ClN3O. The molecule has 2 aliphatic rings. The average molecular weight is 394 g/mol. The molecule has 0 spiro atoms. The Hall–Kier alpha value is -1.10. The third-order valence-corrected chi connectivity index (χ3v) is 5.77. The number of halogens is 1. The van der Waals surface area contributed by atoms with Gasteiger partial charge in [-0.15, -0.1) is 12.4 Å². The zero-order valence-electron chi connectivity index (χ0n) is 17.1. The smallest absolute Gasteiger partial charge is 0.237 e. The number of hydrogen-bond acceptors (Lipinski definition) is 3. The molecule has 0 saturated carbocycles. The van der Waals surface area contributed by atoms with Gasteiger partial charge >= 0.3 is 0 Å². The van der Waals surface area contributed by atoms with E-state index in [0.29, 0.717) is 5.92 Å². The third-order valence-electron chi connectivity index (χ3n) is 5.77. The van der Waals surface area contributed by atoms with Crippen LogP contribution in [0.25, 0.3) is 0 Å². The van der Waals surface area contributed by atoms with Gasteiger partial charge in [-0.25, -0.2) is 0 Å². The molecule has 2 fully saturated rings. The van der Waals surface area contributed by atoms with E-state index in [1.807, 2.05) is 0 Å². The first kappa shape index (κ1) is 22.2. The molecule has 2 heterocycles. The molecule has 0 aliphatic carbocycles. The van der Waals surface area contributed by atoms with Crippen LogP contribution in [0.4, 0.5) is 0 Å². The number of benzene rings is 1. The van der Waals surface area contributed by atoms with E-state index in [0.717, 1.165) is 45.6 Å². The topological polar surface area (TPSA) is 44.4 Å². The number of hydrogen-bond donors (Lipinski definition) is 2. The van der Waals surface area contributed by atoms with Crippen molar-refractivity contribution in [2.45, 2.75) is 64.5 Å². The van der Waals surface area contributed by atoms with Crippen molar-refractivity contribution in [1.29, 1.82) is 0 Å². The maximum atomic E-state index is 12.2. The van der Waals surface area contributed by atoms with Gasteiger partial charge in [-0.2, -0.15) is 0 Å². The van der Waals surface area contributed by atoms with E-state index in [4.69, 9.17) is 0 Å². The highest BCUT2D eigenvalue weighted by Crippen LogP contribution is 2.23. The molecule has 3 rings (SSSR count). The Morgan fingerprint density at radius 3 is 2.56 bits per heavy atom. The van der Waals surface area contributed by atoms with Crippen LogP contribution in [0.5, 0.6) is 0 Å². The summed E-state index contributed by atoms with van der Waals surface area (Å²) >= 11 is 0. The van der Waals surface area contributed by atoms with Gasteiger partial charge in [-0.3, -0.25) is 9.69 Å². The molecule has 2 atom stereocenters. The normalized spacial score (nSPS) is 23.7.